The van der Waals surface area contributed by atoms with Gasteiger partial charge in [-0.1, -0.05) is 26.8 Å². The highest BCUT2D eigenvalue weighted by Crippen LogP contribution is 2.32. The molecule has 0 fully saturated rings. The Morgan fingerprint density at radius 1 is 1.25 bits per heavy atom. The van der Waals surface area contributed by atoms with E-state index in [9.17, 15) is 13.2 Å². The van der Waals surface area contributed by atoms with Crippen molar-refractivity contribution >= 4 is 5.82 Å². The van der Waals surface area contributed by atoms with Crippen LogP contribution in [-0.2, 0) is 12.7 Å². The highest BCUT2D eigenvalue weighted by molar-refractivity contribution is 5.48. The number of hydrogen-bond acceptors (Lipinski definition) is 3. The minimum Gasteiger partial charge on any atom is -0.356 e. The van der Waals surface area contributed by atoms with Crippen molar-refractivity contribution in [3.63, 3.8) is 0 Å². The molecule has 1 aromatic heterocycles. The number of aromatic nitrogens is 1. The van der Waals surface area contributed by atoms with E-state index in [1.54, 1.807) is 11.9 Å². The molecule has 3 nitrogen and oxygen atoms in total. The summed E-state index contributed by atoms with van der Waals surface area (Å²) in [5.41, 5.74) is 5.24. The SMILES string of the molecule is CC(N(C)c1nc(C(F)(F)F)ccc1CN)C(C)(C)C. The van der Waals surface area contributed by atoms with E-state index in [-0.39, 0.29) is 18.0 Å². The van der Waals surface area contributed by atoms with Crippen molar-refractivity contribution < 1.29 is 13.2 Å². The maximum absolute atomic E-state index is 12.8. The van der Waals surface area contributed by atoms with Crippen LogP contribution in [0.15, 0.2) is 12.1 Å². The lowest BCUT2D eigenvalue weighted by molar-refractivity contribution is -0.141. The van der Waals surface area contributed by atoms with Gasteiger partial charge in [-0.3, -0.25) is 0 Å². The Labute approximate surface area is 118 Å². The number of hydrogen-bond donors (Lipinski definition) is 1. The maximum atomic E-state index is 12.8. The summed E-state index contributed by atoms with van der Waals surface area (Å²) in [6.07, 6.45) is -4.45. The molecule has 0 bridgehead atoms. The number of nitrogens with zero attached hydrogens (tertiary/aromatic N) is 2. The van der Waals surface area contributed by atoms with Gasteiger partial charge in [0.15, 0.2) is 0 Å². The summed E-state index contributed by atoms with van der Waals surface area (Å²) in [6.45, 7) is 8.21. The van der Waals surface area contributed by atoms with Gasteiger partial charge in [0.1, 0.15) is 11.5 Å². The van der Waals surface area contributed by atoms with Gasteiger partial charge in [0.25, 0.3) is 0 Å². The molecule has 0 aliphatic rings. The topological polar surface area (TPSA) is 42.2 Å². The largest absolute Gasteiger partial charge is 0.433 e. The van der Waals surface area contributed by atoms with Crippen molar-refractivity contribution in [1.82, 2.24) is 4.98 Å². The lowest BCUT2D eigenvalue weighted by atomic mass is 9.87. The number of anilines is 1. The van der Waals surface area contributed by atoms with E-state index in [2.05, 4.69) is 4.98 Å². The third kappa shape index (κ3) is 3.62. The summed E-state index contributed by atoms with van der Waals surface area (Å²) in [4.78, 5) is 5.53. The molecule has 2 N–H and O–H groups in total. The fraction of sp³-hybridized carbons (Fsp3) is 0.643. The van der Waals surface area contributed by atoms with Crippen LogP contribution in [0.3, 0.4) is 0 Å². The summed E-state index contributed by atoms with van der Waals surface area (Å²) >= 11 is 0. The van der Waals surface area contributed by atoms with E-state index in [4.69, 9.17) is 5.73 Å². The fourth-order valence-corrected chi connectivity index (χ4v) is 1.86. The molecule has 1 heterocycles. The third-order valence-corrected chi connectivity index (χ3v) is 3.63. The highest BCUT2D eigenvalue weighted by Gasteiger charge is 2.34. The summed E-state index contributed by atoms with van der Waals surface area (Å²) < 4.78 is 38.4. The van der Waals surface area contributed by atoms with Crippen LogP contribution in [0.4, 0.5) is 19.0 Å². The minimum absolute atomic E-state index is 0.0174. The van der Waals surface area contributed by atoms with Crippen LogP contribution in [0.2, 0.25) is 0 Å². The van der Waals surface area contributed by atoms with Crippen molar-refractivity contribution in [2.24, 2.45) is 11.1 Å². The first kappa shape index (κ1) is 16.8. The monoisotopic (exact) mass is 289 g/mol. The van der Waals surface area contributed by atoms with Crippen LogP contribution in [-0.4, -0.2) is 18.1 Å². The van der Waals surface area contributed by atoms with Gasteiger partial charge in [-0.05, 0) is 18.4 Å². The molecule has 0 radical (unpaired) electrons. The van der Waals surface area contributed by atoms with E-state index in [0.29, 0.717) is 11.4 Å². The van der Waals surface area contributed by atoms with E-state index >= 15 is 0 Å². The number of alkyl halides is 3. The molecule has 0 spiro atoms. The number of halogens is 3. The van der Waals surface area contributed by atoms with Crippen LogP contribution in [0.25, 0.3) is 0 Å². The molecule has 0 aliphatic heterocycles. The second kappa shape index (κ2) is 5.60. The van der Waals surface area contributed by atoms with E-state index in [1.807, 2.05) is 27.7 Å². The summed E-state index contributed by atoms with van der Waals surface area (Å²) in [6, 6.07) is 2.39. The Kier molecular flexibility index (Phi) is 4.69. The summed E-state index contributed by atoms with van der Waals surface area (Å²) in [5, 5.41) is 0. The first-order valence-corrected chi connectivity index (χ1v) is 6.48. The van der Waals surface area contributed by atoms with Crippen LogP contribution in [0, 0.1) is 5.41 Å². The second-order valence-electron chi connectivity index (χ2n) is 6.03. The molecular formula is C14H22F3N3. The Hall–Kier alpha value is -1.30. The second-order valence-corrected chi connectivity index (χ2v) is 6.03. The van der Waals surface area contributed by atoms with Crippen LogP contribution < -0.4 is 10.6 Å². The average molecular weight is 289 g/mol. The Balaban J connectivity index is 3.27. The molecule has 1 unspecified atom stereocenters. The Bertz CT molecular complexity index is 464. The third-order valence-electron chi connectivity index (χ3n) is 3.63. The fourth-order valence-electron chi connectivity index (χ4n) is 1.86. The molecule has 0 aliphatic carbocycles. The minimum atomic E-state index is -4.45. The molecular weight excluding hydrogens is 267 g/mol. The van der Waals surface area contributed by atoms with Crippen molar-refractivity contribution in [3.05, 3.63) is 23.4 Å². The molecule has 0 amide bonds. The molecule has 6 heteroatoms. The quantitative estimate of drug-likeness (QED) is 0.927. The molecule has 0 saturated carbocycles. The zero-order chi connectivity index (χ0) is 15.7. The predicted octanol–water partition coefficient (Wildman–Crippen LogP) is 3.43. The maximum Gasteiger partial charge on any atom is 0.433 e. The Morgan fingerprint density at radius 2 is 1.80 bits per heavy atom. The number of pyridine rings is 1. The first-order chi connectivity index (χ1) is 8.98. The predicted molar refractivity (Wildman–Crippen MR) is 74.5 cm³/mol. The van der Waals surface area contributed by atoms with Gasteiger partial charge in [0, 0.05) is 25.2 Å². The van der Waals surface area contributed by atoms with Gasteiger partial charge < -0.3 is 10.6 Å². The van der Waals surface area contributed by atoms with Crippen LogP contribution in [0.1, 0.15) is 39.0 Å². The summed E-state index contributed by atoms with van der Waals surface area (Å²) in [5.74, 6) is 0.296. The molecule has 0 aromatic carbocycles. The molecule has 1 aromatic rings. The lowest BCUT2D eigenvalue weighted by Crippen LogP contribution is -2.40. The van der Waals surface area contributed by atoms with Gasteiger partial charge >= 0.3 is 6.18 Å². The molecule has 1 rings (SSSR count). The normalized spacial score (nSPS) is 14.2. The number of nitrogens with two attached hydrogens (primary N) is 1. The van der Waals surface area contributed by atoms with Gasteiger partial charge in [-0.15, -0.1) is 0 Å². The number of rotatable bonds is 3. The standard InChI is InChI=1S/C14H22F3N3/c1-9(13(2,3)4)20(5)12-10(8-18)6-7-11(19-12)14(15,16)17/h6-7,9H,8,18H2,1-5H3. The van der Waals surface area contributed by atoms with Crippen molar-refractivity contribution in [2.45, 2.75) is 46.5 Å². The molecule has 0 saturated heterocycles. The molecule has 20 heavy (non-hydrogen) atoms. The van der Waals surface area contributed by atoms with Gasteiger partial charge in [-0.25, -0.2) is 4.98 Å². The zero-order valence-corrected chi connectivity index (χ0v) is 12.5. The van der Waals surface area contributed by atoms with Crippen molar-refractivity contribution in [2.75, 3.05) is 11.9 Å². The molecule has 114 valence electrons. The first-order valence-electron chi connectivity index (χ1n) is 6.48. The molecule has 1 atom stereocenters. The van der Waals surface area contributed by atoms with Crippen molar-refractivity contribution in [3.8, 4) is 0 Å². The summed E-state index contributed by atoms with van der Waals surface area (Å²) in [7, 11) is 1.75. The van der Waals surface area contributed by atoms with Gasteiger partial charge in [0.2, 0.25) is 0 Å². The van der Waals surface area contributed by atoms with Crippen LogP contribution in [0.5, 0.6) is 0 Å². The van der Waals surface area contributed by atoms with Gasteiger partial charge in [0.05, 0.1) is 0 Å². The smallest absolute Gasteiger partial charge is 0.356 e. The zero-order valence-electron chi connectivity index (χ0n) is 12.5. The van der Waals surface area contributed by atoms with E-state index in [0.717, 1.165) is 6.07 Å². The van der Waals surface area contributed by atoms with Gasteiger partial charge in [-0.2, -0.15) is 13.2 Å². The van der Waals surface area contributed by atoms with E-state index < -0.39 is 11.9 Å². The Morgan fingerprint density at radius 3 is 2.20 bits per heavy atom. The van der Waals surface area contributed by atoms with Crippen molar-refractivity contribution in [1.29, 1.82) is 0 Å². The van der Waals surface area contributed by atoms with Crippen LogP contribution >= 0.6 is 0 Å². The average Bonchev–Trinajstić information content (AvgIpc) is 2.34. The van der Waals surface area contributed by atoms with E-state index in [1.165, 1.54) is 6.07 Å². The lowest BCUT2D eigenvalue weighted by Gasteiger charge is -2.37. The highest BCUT2D eigenvalue weighted by atomic mass is 19.4.